The molecule has 1 aliphatic heterocycles. The molecule has 0 saturated heterocycles. The van der Waals surface area contributed by atoms with Crippen molar-refractivity contribution in [3.63, 3.8) is 0 Å². The third-order valence-corrected chi connectivity index (χ3v) is 9.20. The van der Waals surface area contributed by atoms with Gasteiger partial charge in [0.05, 0.1) is 20.8 Å². The zero-order valence-electron chi connectivity index (χ0n) is 26.5. The van der Waals surface area contributed by atoms with Crippen molar-refractivity contribution in [1.29, 1.82) is 0 Å². The molecule has 6 nitrogen and oxygen atoms in total. The van der Waals surface area contributed by atoms with Gasteiger partial charge in [-0.25, -0.2) is 0 Å². The van der Waals surface area contributed by atoms with E-state index in [-0.39, 0.29) is 19.2 Å². The minimum atomic E-state index is -0.931. The average Bonchev–Trinajstić information content (AvgIpc) is 3.38. The summed E-state index contributed by atoms with van der Waals surface area (Å²) >= 11 is 0. The van der Waals surface area contributed by atoms with Gasteiger partial charge in [-0.05, 0) is 59.3 Å². The lowest BCUT2D eigenvalue weighted by Gasteiger charge is -2.39. The smallest absolute Gasteiger partial charge is 0.305 e. The predicted molar refractivity (Wildman–Crippen MR) is 179 cm³/mol. The van der Waals surface area contributed by atoms with Crippen molar-refractivity contribution in [1.82, 2.24) is 0 Å². The van der Waals surface area contributed by atoms with Crippen LogP contribution in [0.1, 0.15) is 48.1 Å². The fourth-order valence-electron chi connectivity index (χ4n) is 6.93. The number of rotatable bonds is 9. The number of benzene rings is 5. The summed E-state index contributed by atoms with van der Waals surface area (Å²) in [5.41, 5.74) is 5.52. The Balaban J connectivity index is 1.44. The van der Waals surface area contributed by atoms with Gasteiger partial charge in [-0.3, -0.25) is 4.79 Å². The highest BCUT2D eigenvalue weighted by Crippen LogP contribution is 2.58. The van der Waals surface area contributed by atoms with Crippen molar-refractivity contribution >= 4 is 22.8 Å². The zero-order valence-corrected chi connectivity index (χ0v) is 26.5. The minimum absolute atomic E-state index is 0.180. The molecule has 7 rings (SSSR count). The van der Waals surface area contributed by atoms with E-state index in [0.717, 1.165) is 67.0 Å². The lowest BCUT2D eigenvalue weighted by Crippen LogP contribution is -2.35. The number of hydrogen-bond acceptors (Lipinski definition) is 6. The molecule has 0 fully saturated rings. The van der Waals surface area contributed by atoms with Crippen LogP contribution in [0.2, 0.25) is 0 Å². The SMILES string of the molecule is CCC(=O)OCCOC1(C)c2ccccc2-c2c1c1c(c3ccccc23)OC(c2ccc(OC)cc2)(c2ccc(OC)cc2)C=C1. The van der Waals surface area contributed by atoms with Crippen LogP contribution in [-0.2, 0) is 25.5 Å². The van der Waals surface area contributed by atoms with E-state index in [4.69, 9.17) is 23.7 Å². The summed E-state index contributed by atoms with van der Waals surface area (Å²) in [5.74, 6) is 2.08. The molecule has 0 spiro atoms. The molecule has 2 aliphatic rings. The van der Waals surface area contributed by atoms with Gasteiger partial charge >= 0.3 is 5.97 Å². The Morgan fingerprint density at radius 3 is 2.00 bits per heavy atom. The summed E-state index contributed by atoms with van der Waals surface area (Å²) in [5, 5.41) is 2.10. The molecule has 0 amide bonds. The van der Waals surface area contributed by atoms with Crippen LogP contribution in [0.25, 0.3) is 28.0 Å². The van der Waals surface area contributed by atoms with Crippen molar-refractivity contribution in [2.24, 2.45) is 0 Å². The summed E-state index contributed by atoms with van der Waals surface area (Å²) in [4.78, 5) is 11.9. The van der Waals surface area contributed by atoms with Gasteiger partial charge in [-0.2, -0.15) is 0 Å². The monoisotopic (exact) mass is 612 g/mol. The molecule has 1 aliphatic carbocycles. The van der Waals surface area contributed by atoms with Crippen LogP contribution in [0.5, 0.6) is 17.2 Å². The number of carbonyl (C=O) groups is 1. The zero-order chi connectivity index (χ0) is 31.9. The molecular weight excluding hydrogens is 576 g/mol. The normalized spacial score (nSPS) is 17.0. The largest absolute Gasteiger partial charge is 0.497 e. The van der Waals surface area contributed by atoms with Gasteiger partial charge in [0.2, 0.25) is 0 Å². The summed E-state index contributed by atoms with van der Waals surface area (Å²) in [7, 11) is 3.33. The number of carbonyl (C=O) groups excluding carboxylic acids is 1. The molecule has 6 heteroatoms. The second kappa shape index (κ2) is 11.7. The molecule has 0 radical (unpaired) electrons. The van der Waals surface area contributed by atoms with Crippen LogP contribution in [0.4, 0.5) is 0 Å². The average molecular weight is 613 g/mol. The predicted octanol–water partition coefficient (Wildman–Crippen LogP) is 8.42. The lowest BCUT2D eigenvalue weighted by molar-refractivity contribution is -0.146. The molecule has 1 heterocycles. The van der Waals surface area contributed by atoms with Gasteiger partial charge in [-0.15, -0.1) is 0 Å². The molecule has 0 N–H and O–H groups in total. The Labute approximate surface area is 269 Å². The standard InChI is InChI=1S/C40H36O6/c1-5-35(41)44-24-25-45-39(2)34-13-9-8-12-32(34)36-30-10-6-7-11-31(30)38-33(37(36)39)22-23-40(46-38,26-14-18-28(42-3)19-15-26)27-16-20-29(43-4)21-17-27/h6-23H,5,24-25H2,1-4H3. The highest BCUT2D eigenvalue weighted by molar-refractivity contribution is 6.08. The second-order valence-corrected chi connectivity index (χ2v) is 11.7. The summed E-state index contributed by atoms with van der Waals surface area (Å²) in [6.45, 7) is 4.33. The molecule has 232 valence electrons. The third-order valence-electron chi connectivity index (χ3n) is 9.20. The van der Waals surface area contributed by atoms with E-state index in [1.165, 1.54) is 0 Å². The molecule has 5 aromatic carbocycles. The topological polar surface area (TPSA) is 63.2 Å². The van der Waals surface area contributed by atoms with Crippen LogP contribution in [0.15, 0.2) is 103 Å². The Kier molecular flexibility index (Phi) is 7.53. The van der Waals surface area contributed by atoms with E-state index in [9.17, 15) is 4.79 Å². The van der Waals surface area contributed by atoms with Crippen LogP contribution in [0.3, 0.4) is 0 Å². The fourth-order valence-corrected chi connectivity index (χ4v) is 6.93. The van der Waals surface area contributed by atoms with Crippen LogP contribution >= 0.6 is 0 Å². The van der Waals surface area contributed by atoms with Crippen LogP contribution in [0, 0.1) is 0 Å². The van der Waals surface area contributed by atoms with Gasteiger partial charge < -0.3 is 23.7 Å². The first-order chi connectivity index (χ1) is 22.4. The van der Waals surface area contributed by atoms with Crippen LogP contribution in [-0.4, -0.2) is 33.4 Å². The van der Waals surface area contributed by atoms with E-state index in [2.05, 4.69) is 85.8 Å². The van der Waals surface area contributed by atoms with Gasteiger partial charge in [-0.1, -0.05) is 85.8 Å². The van der Waals surface area contributed by atoms with E-state index in [1.54, 1.807) is 21.1 Å². The van der Waals surface area contributed by atoms with Crippen molar-refractivity contribution in [2.75, 3.05) is 27.4 Å². The van der Waals surface area contributed by atoms with Crippen molar-refractivity contribution in [3.05, 3.63) is 131 Å². The van der Waals surface area contributed by atoms with Gasteiger partial charge in [0.15, 0.2) is 5.60 Å². The van der Waals surface area contributed by atoms with Crippen molar-refractivity contribution in [2.45, 2.75) is 31.5 Å². The second-order valence-electron chi connectivity index (χ2n) is 11.7. The Hall–Kier alpha value is -5.07. The first-order valence-electron chi connectivity index (χ1n) is 15.6. The summed E-state index contributed by atoms with van der Waals surface area (Å²) in [6, 6.07) is 32.8. The maximum absolute atomic E-state index is 11.9. The van der Waals surface area contributed by atoms with Crippen molar-refractivity contribution < 1.29 is 28.5 Å². The molecule has 0 aromatic heterocycles. The fraction of sp³-hybridized carbons (Fsp3) is 0.225. The first kappa shape index (κ1) is 29.6. The van der Waals surface area contributed by atoms with Gasteiger partial charge in [0.25, 0.3) is 0 Å². The molecule has 46 heavy (non-hydrogen) atoms. The van der Waals surface area contributed by atoms with Crippen LogP contribution < -0.4 is 14.2 Å². The van der Waals surface area contributed by atoms with E-state index < -0.39 is 11.2 Å². The molecule has 5 aromatic rings. The number of ether oxygens (including phenoxy) is 5. The molecule has 1 unspecified atom stereocenters. The maximum atomic E-state index is 11.9. The highest BCUT2D eigenvalue weighted by atomic mass is 16.6. The highest BCUT2D eigenvalue weighted by Gasteiger charge is 2.47. The third kappa shape index (κ3) is 4.63. The molecule has 0 saturated carbocycles. The van der Waals surface area contributed by atoms with E-state index in [1.807, 2.05) is 30.3 Å². The molecule has 0 bridgehead atoms. The lowest BCUT2D eigenvalue weighted by atomic mass is 9.80. The Bertz CT molecular complexity index is 1910. The number of methoxy groups -OCH3 is 2. The van der Waals surface area contributed by atoms with Gasteiger partial charge in [0, 0.05) is 34.1 Å². The Morgan fingerprint density at radius 2 is 1.37 bits per heavy atom. The van der Waals surface area contributed by atoms with Gasteiger partial charge in [0.1, 0.15) is 29.5 Å². The van der Waals surface area contributed by atoms with E-state index >= 15 is 0 Å². The number of hydrogen-bond donors (Lipinski definition) is 0. The maximum Gasteiger partial charge on any atom is 0.305 e. The number of esters is 1. The first-order valence-corrected chi connectivity index (χ1v) is 15.6. The number of fused-ring (bicyclic) bond motifs is 8. The van der Waals surface area contributed by atoms with E-state index in [0.29, 0.717) is 6.42 Å². The Morgan fingerprint density at radius 1 is 0.761 bits per heavy atom. The quantitative estimate of drug-likeness (QED) is 0.123. The van der Waals surface area contributed by atoms with Crippen molar-refractivity contribution in [3.8, 4) is 28.4 Å². The minimum Gasteiger partial charge on any atom is -0.497 e. The molecular formula is C40H36O6. The molecule has 1 atom stereocenters. The summed E-state index contributed by atoms with van der Waals surface area (Å²) in [6.07, 6.45) is 4.65. The summed E-state index contributed by atoms with van der Waals surface area (Å²) < 4.78 is 30.4.